The summed E-state index contributed by atoms with van der Waals surface area (Å²) in [4.78, 5) is 16.6. The first-order valence-corrected chi connectivity index (χ1v) is 7.83. The molecule has 110 valence electrons. The summed E-state index contributed by atoms with van der Waals surface area (Å²) in [5.74, 6) is -0.986. The molecule has 0 aliphatic heterocycles. The van der Waals surface area contributed by atoms with Crippen LogP contribution in [0.5, 0.6) is 0 Å². The number of carboxylic acid groups (broad SMARTS) is 1. The molecule has 1 aromatic heterocycles. The minimum absolute atomic E-state index is 0.129. The van der Waals surface area contributed by atoms with Crippen molar-refractivity contribution in [3.8, 4) is 10.4 Å². The highest BCUT2D eigenvalue weighted by Gasteiger charge is 2.40. The first kappa shape index (κ1) is 14.2. The third kappa shape index (κ3) is 2.47. The zero-order valence-corrected chi connectivity index (χ0v) is 12.7. The van der Waals surface area contributed by atoms with Crippen molar-refractivity contribution in [2.24, 2.45) is 0 Å². The van der Waals surface area contributed by atoms with Gasteiger partial charge >= 0.3 is 5.97 Å². The average Bonchev–Trinajstić information content (AvgIpc) is 3.15. The number of thiazole rings is 1. The summed E-state index contributed by atoms with van der Waals surface area (Å²) in [7, 11) is 1.69. The molecule has 1 aliphatic carbocycles. The molecule has 1 saturated carbocycles. The Bertz CT molecular complexity index is 645. The Morgan fingerprint density at radius 2 is 1.95 bits per heavy atom. The molecule has 0 radical (unpaired) electrons. The fourth-order valence-electron chi connectivity index (χ4n) is 2.90. The average molecular weight is 303 g/mol. The van der Waals surface area contributed by atoms with E-state index >= 15 is 0 Å². The van der Waals surface area contributed by atoms with E-state index in [2.05, 4.69) is 4.98 Å². The van der Waals surface area contributed by atoms with Crippen molar-refractivity contribution in [2.75, 3.05) is 7.11 Å². The van der Waals surface area contributed by atoms with Crippen LogP contribution in [0, 0.1) is 0 Å². The molecule has 3 rings (SSSR count). The third-order valence-electron chi connectivity index (χ3n) is 4.06. The minimum atomic E-state index is -0.986. The Labute approximate surface area is 127 Å². The molecule has 1 aromatic carbocycles. The minimum Gasteiger partial charge on any atom is -0.476 e. The number of ether oxygens (including phenoxy) is 1. The standard InChI is InChI=1S/C16H17NO3S/c1-20-16(9-5-6-10-16)15-17-12(14(18)19)13(21-15)11-7-3-2-4-8-11/h2-4,7-8H,5-6,9-10H2,1H3,(H,18,19). The topological polar surface area (TPSA) is 59.4 Å². The molecule has 0 spiro atoms. The number of aromatic carboxylic acids is 1. The van der Waals surface area contributed by atoms with Crippen LogP contribution in [0.15, 0.2) is 30.3 Å². The molecule has 1 aliphatic rings. The van der Waals surface area contributed by atoms with Gasteiger partial charge in [-0.15, -0.1) is 11.3 Å². The van der Waals surface area contributed by atoms with Crippen LogP contribution in [0.2, 0.25) is 0 Å². The lowest BCUT2D eigenvalue weighted by Crippen LogP contribution is -2.24. The summed E-state index contributed by atoms with van der Waals surface area (Å²) >= 11 is 1.44. The number of nitrogens with zero attached hydrogens (tertiary/aromatic N) is 1. The highest BCUT2D eigenvalue weighted by atomic mass is 32.1. The van der Waals surface area contributed by atoms with Gasteiger partial charge in [0.2, 0.25) is 0 Å². The molecule has 0 amide bonds. The van der Waals surface area contributed by atoms with Crippen LogP contribution in [-0.2, 0) is 10.3 Å². The Kier molecular flexibility index (Phi) is 3.78. The second-order valence-corrected chi connectivity index (χ2v) is 6.27. The third-order valence-corrected chi connectivity index (χ3v) is 5.35. The molecule has 0 unspecified atom stereocenters. The van der Waals surface area contributed by atoms with Gasteiger partial charge in [-0.1, -0.05) is 43.2 Å². The molecule has 0 saturated heterocycles. The van der Waals surface area contributed by atoms with Crippen LogP contribution >= 0.6 is 11.3 Å². The van der Waals surface area contributed by atoms with Crippen molar-refractivity contribution < 1.29 is 14.6 Å². The maximum atomic E-state index is 11.5. The summed E-state index contributed by atoms with van der Waals surface area (Å²) in [5, 5.41) is 10.2. The van der Waals surface area contributed by atoms with Gasteiger partial charge in [0.05, 0.1) is 4.88 Å². The fraction of sp³-hybridized carbons (Fsp3) is 0.375. The lowest BCUT2D eigenvalue weighted by molar-refractivity contribution is -0.00897. The van der Waals surface area contributed by atoms with E-state index in [1.807, 2.05) is 30.3 Å². The van der Waals surface area contributed by atoms with Gasteiger partial charge < -0.3 is 9.84 Å². The molecule has 5 heteroatoms. The molecule has 21 heavy (non-hydrogen) atoms. The number of benzene rings is 1. The van der Waals surface area contributed by atoms with Crippen LogP contribution in [-0.4, -0.2) is 23.2 Å². The van der Waals surface area contributed by atoms with Crippen molar-refractivity contribution in [1.29, 1.82) is 0 Å². The molecule has 0 atom stereocenters. The molecular weight excluding hydrogens is 286 g/mol. The first-order chi connectivity index (χ1) is 10.2. The van der Waals surface area contributed by atoms with Gasteiger partial charge in [0, 0.05) is 7.11 Å². The Morgan fingerprint density at radius 1 is 1.29 bits per heavy atom. The second kappa shape index (κ2) is 5.58. The van der Waals surface area contributed by atoms with Crippen LogP contribution in [0.25, 0.3) is 10.4 Å². The van der Waals surface area contributed by atoms with Gasteiger partial charge in [-0.05, 0) is 18.4 Å². The van der Waals surface area contributed by atoms with Crippen molar-refractivity contribution in [3.63, 3.8) is 0 Å². The Morgan fingerprint density at radius 3 is 2.52 bits per heavy atom. The van der Waals surface area contributed by atoms with Gasteiger partial charge in [0.25, 0.3) is 0 Å². The lowest BCUT2D eigenvalue weighted by atomic mass is 10.0. The summed E-state index contributed by atoms with van der Waals surface area (Å²) in [6.45, 7) is 0. The van der Waals surface area contributed by atoms with Crippen LogP contribution in [0.3, 0.4) is 0 Å². The summed E-state index contributed by atoms with van der Waals surface area (Å²) in [6.07, 6.45) is 4.00. The predicted octanol–water partition coefficient (Wildman–Crippen LogP) is 3.92. The van der Waals surface area contributed by atoms with Crippen molar-refractivity contribution in [3.05, 3.63) is 41.0 Å². The van der Waals surface area contributed by atoms with Crippen molar-refractivity contribution in [1.82, 2.24) is 4.98 Å². The van der Waals surface area contributed by atoms with Crippen molar-refractivity contribution >= 4 is 17.3 Å². The number of carboxylic acids is 1. The van der Waals surface area contributed by atoms with Gasteiger partial charge in [-0.2, -0.15) is 0 Å². The predicted molar refractivity (Wildman–Crippen MR) is 81.7 cm³/mol. The summed E-state index contributed by atoms with van der Waals surface area (Å²) in [6, 6.07) is 9.55. The largest absolute Gasteiger partial charge is 0.476 e. The normalized spacial score (nSPS) is 17.0. The molecule has 1 N–H and O–H groups in total. The molecule has 0 bridgehead atoms. The number of rotatable bonds is 4. The fourth-order valence-corrected chi connectivity index (χ4v) is 4.18. The molecular formula is C16H17NO3S. The molecule has 1 heterocycles. The van der Waals surface area contributed by atoms with Gasteiger partial charge in [0.15, 0.2) is 5.69 Å². The van der Waals surface area contributed by atoms with E-state index in [1.54, 1.807) is 7.11 Å². The molecule has 1 fully saturated rings. The monoisotopic (exact) mass is 303 g/mol. The second-order valence-electron chi connectivity index (χ2n) is 5.27. The zero-order chi connectivity index (χ0) is 14.9. The Hall–Kier alpha value is -1.72. The number of aromatic nitrogens is 1. The Balaban J connectivity index is 2.11. The smallest absolute Gasteiger partial charge is 0.356 e. The molecule has 2 aromatic rings. The van der Waals surface area contributed by atoms with Crippen molar-refractivity contribution in [2.45, 2.75) is 31.3 Å². The van der Waals surface area contributed by atoms with E-state index in [0.29, 0.717) is 4.88 Å². The van der Waals surface area contributed by atoms with E-state index in [1.165, 1.54) is 11.3 Å². The summed E-state index contributed by atoms with van der Waals surface area (Å²) in [5.41, 5.74) is 0.620. The van der Waals surface area contributed by atoms with Gasteiger partial charge in [0.1, 0.15) is 10.6 Å². The highest BCUT2D eigenvalue weighted by Crippen LogP contribution is 2.45. The lowest BCUT2D eigenvalue weighted by Gasteiger charge is -2.24. The number of methoxy groups -OCH3 is 1. The van der Waals surface area contributed by atoms with Gasteiger partial charge in [-0.3, -0.25) is 0 Å². The van der Waals surface area contributed by atoms with E-state index < -0.39 is 11.6 Å². The van der Waals surface area contributed by atoms with E-state index in [4.69, 9.17) is 4.74 Å². The molecule has 4 nitrogen and oxygen atoms in total. The van der Waals surface area contributed by atoms with E-state index in [0.717, 1.165) is 36.3 Å². The van der Waals surface area contributed by atoms with Crippen LogP contribution in [0.4, 0.5) is 0 Å². The SMILES string of the molecule is COC1(c2nc(C(=O)O)c(-c3ccccc3)s2)CCCC1. The number of carbonyl (C=O) groups is 1. The van der Waals surface area contributed by atoms with Crippen LogP contribution in [0.1, 0.15) is 41.2 Å². The first-order valence-electron chi connectivity index (χ1n) is 7.01. The number of hydrogen-bond donors (Lipinski definition) is 1. The number of hydrogen-bond acceptors (Lipinski definition) is 4. The van der Waals surface area contributed by atoms with Crippen LogP contribution < -0.4 is 0 Å². The quantitative estimate of drug-likeness (QED) is 0.930. The van der Waals surface area contributed by atoms with E-state index in [9.17, 15) is 9.90 Å². The maximum Gasteiger partial charge on any atom is 0.356 e. The van der Waals surface area contributed by atoms with Gasteiger partial charge in [-0.25, -0.2) is 9.78 Å². The zero-order valence-electron chi connectivity index (χ0n) is 11.8. The summed E-state index contributed by atoms with van der Waals surface area (Å²) < 4.78 is 5.72. The maximum absolute atomic E-state index is 11.5. The van der Waals surface area contributed by atoms with E-state index in [-0.39, 0.29) is 5.69 Å². The highest BCUT2D eigenvalue weighted by molar-refractivity contribution is 7.15.